The lowest BCUT2D eigenvalue weighted by molar-refractivity contribution is -0.133. The summed E-state index contributed by atoms with van der Waals surface area (Å²) < 4.78 is 0. The summed E-state index contributed by atoms with van der Waals surface area (Å²) in [6, 6.07) is 0.0251. The molecule has 4 heteroatoms. The van der Waals surface area contributed by atoms with Crippen molar-refractivity contribution in [2.45, 2.75) is 52.1 Å². The molecule has 0 spiro atoms. The Labute approximate surface area is 104 Å². The standard InChI is InChI=1S/C13H26N2O2/c1-10-6-8-15(11(10)9-16)12(17)5-7-14-13(2,3)4/h10-11,14,16H,5-9H2,1-4H3. The second-order valence-corrected chi connectivity index (χ2v) is 6.03. The van der Waals surface area contributed by atoms with Gasteiger partial charge in [0.05, 0.1) is 12.6 Å². The number of aliphatic hydroxyl groups excluding tert-OH is 1. The molecule has 1 heterocycles. The number of nitrogens with zero attached hydrogens (tertiary/aromatic N) is 1. The molecule has 0 radical (unpaired) electrons. The van der Waals surface area contributed by atoms with Crippen molar-refractivity contribution in [2.75, 3.05) is 19.7 Å². The van der Waals surface area contributed by atoms with Crippen LogP contribution in [0.5, 0.6) is 0 Å². The molecule has 0 aromatic heterocycles. The van der Waals surface area contributed by atoms with Crippen LogP contribution in [-0.2, 0) is 4.79 Å². The number of aliphatic hydroxyl groups is 1. The lowest BCUT2D eigenvalue weighted by atomic mass is 10.0. The quantitative estimate of drug-likeness (QED) is 0.773. The van der Waals surface area contributed by atoms with Crippen LogP contribution in [-0.4, -0.2) is 47.2 Å². The van der Waals surface area contributed by atoms with Crippen molar-refractivity contribution in [2.24, 2.45) is 5.92 Å². The third-order valence-corrected chi connectivity index (χ3v) is 3.38. The maximum absolute atomic E-state index is 12.0. The predicted molar refractivity (Wildman–Crippen MR) is 68.7 cm³/mol. The Morgan fingerprint density at radius 2 is 2.12 bits per heavy atom. The molecule has 1 fully saturated rings. The van der Waals surface area contributed by atoms with Gasteiger partial charge < -0.3 is 15.3 Å². The van der Waals surface area contributed by atoms with Crippen LogP contribution in [0, 0.1) is 5.92 Å². The minimum absolute atomic E-state index is 0.0251. The summed E-state index contributed by atoms with van der Waals surface area (Å²) in [5, 5.41) is 12.6. The van der Waals surface area contributed by atoms with E-state index in [9.17, 15) is 9.90 Å². The molecule has 1 aliphatic rings. The highest BCUT2D eigenvalue weighted by molar-refractivity contribution is 5.77. The molecule has 4 nitrogen and oxygen atoms in total. The van der Waals surface area contributed by atoms with Gasteiger partial charge in [-0.3, -0.25) is 4.79 Å². The summed E-state index contributed by atoms with van der Waals surface area (Å²) in [7, 11) is 0. The van der Waals surface area contributed by atoms with E-state index in [1.54, 1.807) is 0 Å². The van der Waals surface area contributed by atoms with E-state index in [0.717, 1.165) is 13.0 Å². The van der Waals surface area contributed by atoms with Gasteiger partial charge >= 0.3 is 0 Å². The number of rotatable bonds is 4. The van der Waals surface area contributed by atoms with Crippen LogP contribution in [0.15, 0.2) is 0 Å². The van der Waals surface area contributed by atoms with Crippen molar-refractivity contribution in [1.29, 1.82) is 0 Å². The Hall–Kier alpha value is -0.610. The summed E-state index contributed by atoms with van der Waals surface area (Å²) in [6.07, 6.45) is 1.52. The molecule has 1 amide bonds. The fraction of sp³-hybridized carbons (Fsp3) is 0.923. The second kappa shape index (κ2) is 5.83. The first-order chi connectivity index (χ1) is 7.85. The maximum Gasteiger partial charge on any atom is 0.224 e. The molecule has 17 heavy (non-hydrogen) atoms. The van der Waals surface area contributed by atoms with Gasteiger partial charge in [-0.2, -0.15) is 0 Å². The van der Waals surface area contributed by atoms with Gasteiger partial charge in [0.2, 0.25) is 5.91 Å². The highest BCUT2D eigenvalue weighted by atomic mass is 16.3. The minimum Gasteiger partial charge on any atom is -0.394 e. The zero-order valence-electron chi connectivity index (χ0n) is 11.5. The predicted octanol–water partition coefficient (Wildman–Crippen LogP) is 0.994. The van der Waals surface area contributed by atoms with E-state index in [2.05, 4.69) is 33.0 Å². The van der Waals surface area contributed by atoms with E-state index in [4.69, 9.17) is 0 Å². The summed E-state index contributed by atoms with van der Waals surface area (Å²) >= 11 is 0. The molecule has 1 saturated heterocycles. The van der Waals surface area contributed by atoms with Crippen LogP contribution in [0.25, 0.3) is 0 Å². The molecule has 1 rings (SSSR count). The van der Waals surface area contributed by atoms with Gasteiger partial charge in [-0.1, -0.05) is 6.92 Å². The van der Waals surface area contributed by atoms with E-state index >= 15 is 0 Å². The number of hydrogen-bond donors (Lipinski definition) is 2. The molecule has 0 aromatic carbocycles. The van der Waals surface area contributed by atoms with Crippen LogP contribution in [0.2, 0.25) is 0 Å². The van der Waals surface area contributed by atoms with Crippen molar-refractivity contribution >= 4 is 5.91 Å². The highest BCUT2D eigenvalue weighted by Crippen LogP contribution is 2.23. The molecular weight excluding hydrogens is 216 g/mol. The zero-order valence-corrected chi connectivity index (χ0v) is 11.5. The van der Waals surface area contributed by atoms with Crippen molar-refractivity contribution < 1.29 is 9.90 Å². The van der Waals surface area contributed by atoms with Crippen molar-refractivity contribution in [3.63, 3.8) is 0 Å². The van der Waals surface area contributed by atoms with Gasteiger partial charge in [-0.15, -0.1) is 0 Å². The number of nitrogens with one attached hydrogen (secondary N) is 1. The lowest BCUT2D eigenvalue weighted by Gasteiger charge is -2.26. The van der Waals surface area contributed by atoms with Gasteiger partial charge in [0.25, 0.3) is 0 Å². The van der Waals surface area contributed by atoms with Crippen LogP contribution >= 0.6 is 0 Å². The molecule has 0 saturated carbocycles. The molecule has 1 aliphatic heterocycles. The second-order valence-electron chi connectivity index (χ2n) is 6.03. The van der Waals surface area contributed by atoms with Gasteiger partial charge in [-0.25, -0.2) is 0 Å². The average Bonchev–Trinajstić information content (AvgIpc) is 2.57. The summed E-state index contributed by atoms with van der Waals surface area (Å²) in [4.78, 5) is 13.9. The van der Waals surface area contributed by atoms with Gasteiger partial charge in [0.15, 0.2) is 0 Å². The zero-order chi connectivity index (χ0) is 13.1. The number of carbonyl (C=O) groups is 1. The molecule has 0 aliphatic carbocycles. The SMILES string of the molecule is CC1CCN(C(=O)CCNC(C)(C)C)C1CO. The molecule has 2 atom stereocenters. The fourth-order valence-electron chi connectivity index (χ4n) is 2.28. The highest BCUT2D eigenvalue weighted by Gasteiger charge is 2.33. The largest absolute Gasteiger partial charge is 0.394 e. The molecule has 100 valence electrons. The van der Waals surface area contributed by atoms with Crippen LogP contribution < -0.4 is 5.32 Å². The molecule has 0 bridgehead atoms. The first-order valence-corrected chi connectivity index (χ1v) is 6.50. The third-order valence-electron chi connectivity index (χ3n) is 3.38. The van der Waals surface area contributed by atoms with Crippen LogP contribution in [0.1, 0.15) is 40.5 Å². The van der Waals surface area contributed by atoms with Crippen molar-refractivity contribution in [3.8, 4) is 0 Å². The van der Waals surface area contributed by atoms with E-state index in [1.807, 2.05) is 4.90 Å². The number of hydrogen-bond acceptors (Lipinski definition) is 3. The Bertz CT molecular complexity index is 261. The Kier molecular flexibility index (Phi) is 4.95. The van der Waals surface area contributed by atoms with E-state index in [0.29, 0.717) is 18.9 Å². The van der Waals surface area contributed by atoms with Gasteiger partial charge in [0.1, 0.15) is 0 Å². The normalized spacial score (nSPS) is 25.4. The first kappa shape index (κ1) is 14.5. The molecule has 2 unspecified atom stereocenters. The monoisotopic (exact) mass is 242 g/mol. The molecular formula is C13H26N2O2. The van der Waals surface area contributed by atoms with E-state index in [1.165, 1.54) is 0 Å². The van der Waals surface area contributed by atoms with Crippen LogP contribution in [0.4, 0.5) is 0 Å². The molecule has 0 aromatic rings. The summed E-state index contributed by atoms with van der Waals surface area (Å²) in [5.41, 5.74) is 0.0506. The maximum atomic E-state index is 12.0. The lowest BCUT2D eigenvalue weighted by Crippen LogP contribution is -2.43. The average molecular weight is 242 g/mol. The van der Waals surface area contributed by atoms with E-state index < -0.39 is 0 Å². The number of likely N-dealkylation sites (tertiary alicyclic amines) is 1. The topological polar surface area (TPSA) is 52.6 Å². The Morgan fingerprint density at radius 3 is 2.65 bits per heavy atom. The molecule has 2 N–H and O–H groups in total. The third kappa shape index (κ3) is 4.28. The smallest absolute Gasteiger partial charge is 0.224 e. The number of amides is 1. The van der Waals surface area contributed by atoms with E-state index in [-0.39, 0.29) is 24.1 Å². The first-order valence-electron chi connectivity index (χ1n) is 6.50. The van der Waals surface area contributed by atoms with Gasteiger partial charge in [0, 0.05) is 25.0 Å². The van der Waals surface area contributed by atoms with Gasteiger partial charge in [-0.05, 0) is 33.1 Å². The van der Waals surface area contributed by atoms with Crippen molar-refractivity contribution in [3.05, 3.63) is 0 Å². The van der Waals surface area contributed by atoms with Crippen molar-refractivity contribution in [1.82, 2.24) is 10.2 Å². The summed E-state index contributed by atoms with van der Waals surface area (Å²) in [5.74, 6) is 0.574. The van der Waals surface area contributed by atoms with Crippen LogP contribution in [0.3, 0.4) is 0 Å². The number of carbonyl (C=O) groups excluding carboxylic acids is 1. The Morgan fingerprint density at radius 1 is 1.47 bits per heavy atom. The Balaban J connectivity index is 2.38. The summed E-state index contributed by atoms with van der Waals surface area (Å²) in [6.45, 7) is 9.94. The fourth-order valence-corrected chi connectivity index (χ4v) is 2.28. The minimum atomic E-state index is 0.0251.